The maximum Gasteiger partial charge on any atom is 0.344 e. The van der Waals surface area contributed by atoms with Crippen molar-refractivity contribution < 1.29 is 23.8 Å². The van der Waals surface area contributed by atoms with Crippen molar-refractivity contribution in [3.05, 3.63) is 53.6 Å². The van der Waals surface area contributed by atoms with Crippen LogP contribution in [-0.4, -0.2) is 31.2 Å². The van der Waals surface area contributed by atoms with Crippen LogP contribution in [0.2, 0.25) is 0 Å². The number of rotatable bonds is 8. The zero-order valence-electron chi connectivity index (χ0n) is 16.1. The molecule has 0 aliphatic heterocycles. The summed E-state index contributed by atoms with van der Waals surface area (Å²) in [6, 6.07) is 12.7. The van der Waals surface area contributed by atoms with Crippen molar-refractivity contribution in [2.75, 3.05) is 18.5 Å². The van der Waals surface area contributed by atoms with Crippen molar-refractivity contribution >= 4 is 17.6 Å². The maximum atomic E-state index is 12.3. The summed E-state index contributed by atoms with van der Waals surface area (Å²) in [6.07, 6.45) is -0.942. The summed E-state index contributed by atoms with van der Waals surface area (Å²) in [6.45, 7) is 7.44. The lowest BCUT2D eigenvalue weighted by Gasteiger charge is -2.16. The van der Waals surface area contributed by atoms with Crippen molar-refractivity contribution in [3.8, 4) is 11.5 Å². The molecule has 0 aliphatic carbocycles. The molecule has 1 N–H and O–H groups in total. The SMILES string of the molecule is CCOc1ccccc1OCC(=O)O[C@@H](C)C(=O)Nc1cccc(C)c1C. The molecule has 6 nitrogen and oxygen atoms in total. The highest BCUT2D eigenvalue weighted by Gasteiger charge is 2.19. The van der Waals surface area contributed by atoms with Crippen LogP contribution in [0, 0.1) is 13.8 Å². The zero-order chi connectivity index (χ0) is 19.8. The number of nitrogens with one attached hydrogen (secondary N) is 1. The number of hydrogen-bond donors (Lipinski definition) is 1. The standard InChI is InChI=1S/C21H25NO5/c1-5-25-18-11-6-7-12-19(18)26-13-20(23)27-16(4)21(24)22-17-10-8-9-14(2)15(17)3/h6-12,16H,5,13H2,1-4H3,(H,22,24)/t16-/m0/s1. The molecule has 0 saturated heterocycles. The summed E-state index contributed by atoms with van der Waals surface area (Å²) in [5.74, 6) is -0.0333. The van der Waals surface area contributed by atoms with Gasteiger partial charge in [0.2, 0.25) is 0 Å². The van der Waals surface area contributed by atoms with Gasteiger partial charge in [0.1, 0.15) is 0 Å². The molecule has 2 aromatic rings. The molecule has 0 aromatic heterocycles. The van der Waals surface area contributed by atoms with Gasteiger partial charge in [0.05, 0.1) is 6.61 Å². The minimum absolute atomic E-state index is 0.314. The number of esters is 1. The number of carbonyl (C=O) groups excluding carboxylic acids is 2. The predicted octanol–water partition coefficient (Wildman–Crippen LogP) is 3.65. The molecule has 1 atom stereocenters. The Morgan fingerprint density at radius 1 is 1.00 bits per heavy atom. The van der Waals surface area contributed by atoms with E-state index in [9.17, 15) is 9.59 Å². The topological polar surface area (TPSA) is 73.9 Å². The third-order valence-corrected chi connectivity index (χ3v) is 4.03. The normalized spacial score (nSPS) is 11.4. The predicted molar refractivity (Wildman–Crippen MR) is 103 cm³/mol. The highest BCUT2D eigenvalue weighted by atomic mass is 16.6. The van der Waals surface area contributed by atoms with Gasteiger partial charge in [0.15, 0.2) is 24.2 Å². The summed E-state index contributed by atoms with van der Waals surface area (Å²) >= 11 is 0. The van der Waals surface area contributed by atoms with Crippen LogP contribution in [0.4, 0.5) is 5.69 Å². The molecule has 2 aromatic carbocycles. The second-order valence-corrected chi connectivity index (χ2v) is 6.04. The van der Waals surface area contributed by atoms with Gasteiger partial charge in [-0.2, -0.15) is 0 Å². The van der Waals surface area contributed by atoms with Gasteiger partial charge in [-0.1, -0.05) is 24.3 Å². The second kappa shape index (κ2) is 9.62. The minimum Gasteiger partial charge on any atom is -0.490 e. The Morgan fingerprint density at radius 2 is 1.67 bits per heavy atom. The third kappa shape index (κ3) is 5.74. The number of hydrogen-bond acceptors (Lipinski definition) is 5. The number of anilines is 1. The van der Waals surface area contributed by atoms with Gasteiger partial charge >= 0.3 is 5.97 Å². The number of para-hydroxylation sites is 2. The monoisotopic (exact) mass is 371 g/mol. The van der Waals surface area contributed by atoms with Crippen LogP contribution >= 0.6 is 0 Å². The van der Waals surface area contributed by atoms with E-state index < -0.39 is 18.0 Å². The van der Waals surface area contributed by atoms with Gasteiger partial charge in [-0.15, -0.1) is 0 Å². The Kier molecular flexibility index (Phi) is 7.23. The van der Waals surface area contributed by atoms with Crippen LogP contribution in [0.5, 0.6) is 11.5 Å². The van der Waals surface area contributed by atoms with Crippen LogP contribution in [0.3, 0.4) is 0 Å². The first-order valence-electron chi connectivity index (χ1n) is 8.83. The summed E-state index contributed by atoms with van der Waals surface area (Å²) in [7, 11) is 0. The van der Waals surface area contributed by atoms with Crippen molar-refractivity contribution in [2.45, 2.75) is 33.8 Å². The van der Waals surface area contributed by atoms with E-state index in [2.05, 4.69) is 5.32 Å². The molecular weight excluding hydrogens is 346 g/mol. The molecule has 0 radical (unpaired) electrons. The van der Waals surface area contributed by atoms with E-state index in [-0.39, 0.29) is 6.61 Å². The molecular formula is C21H25NO5. The molecule has 1 amide bonds. The molecule has 0 unspecified atom stereocenters. The number of carbonyl (C=O) groups is 2. The smallest absolute Gasteiger partial charge is 0.344 e. The number of aryl methyl sites for hydroxylation is 1. The summed E-state index contributed by atoms with van der Waals surface area (Å²) in [5.41, 5.74) is 2.74. The third-order valence-electron chi connectivity index (χ3n) is 4.03. The first-order valence-corrected chi connectivity index (χ1v) is 8.83. The van der Waals surface area contributed by atoms with E-state index in [4.69, 9.17) is 14.2 Å². The Balaban J connectivity index is 1.88. The molecule has 0 aliphatic rings. The first kappa shape index (κ1) is 20.3. The Morgan fingerprint density at radius 3 is 2.33 bits per heavy atom. The van der Waals surface area contributed by atoms with Gasteiger partial charge < -0.3 is 19.5 Å². The Labute approximate surface area is 159 Å². The largest absolute Gasteiger partial charge is 0.490 e. The van der Waals surface area contributed by atoms with Gasteiger partial charge in [-0.25, -0.2) is 4.79 Å². The first-order chi connectivity index (χ1) is 12.9. The van der Waals surface area contributed by atoms with Crippen LogP contribution in [0.15, 0.2) is 42.5 Å². The summed E-state index contributed by atoms with van der Waals surface area (Å²) < 4.78 is 16.0. The van der Waals surface area contributed by atoms with Crippen LogP contribution in [-0.2, 0) is 14.3 Å². The Bertz CT molecular complexity index is 803. The number of benzene rings is 2. The average Bonchev–Trinajstić information content (AvgIpc) is 2.65. The van der Waals surface area contributed by atoms with Crippen molar-refractivity contribution in [3.63, 3.8) is 0 Å². The van der Waals surface area contributed by atoms with Gasteiger partial charge in [0, 0.05) is 5.69 Å². The lowest BCUT2D eigenvalue weighted by Crippen LogP contribution is -2.32. The summed E-state index contributed by atoms with van der Waals surface area (Å²) in [4.78, 5) is 24.3. The van der Waals surface area contributed by atoms with E-state index in [0.717, 1.165) is 11.1 Å². The second-order valence-electron chi connectivity index (χ2n) is 6.04. The zero-order valence-corrected chi connectivity index (χ0v) is 16.1. The molecule has 0 fully saturated rings. The molecule has 0 bridgehead atoms. The van der Waals surface area contributed by atoms with Gasteiger partial charge in [-0.3, -0.25) is 4.79 Å². The van der Waals surface area contributed by atoms with E-state index >= 15 is 0 Å². The molecule has 6 heteroatoms. The van der Waals surface area contributed by atoms with Gasteiger partial charge in [-0.05, 0) is 57.0 Å². The van der Waals surface area contributed by atoms with Crippen molar-refractivity contribution in [2.24, 2.45) is 0 Å². The lowest BCUT2D eigenvalue weighted by atomic mass is 10.1. The average molecular weight is 371 g/mol. The molecule has 144 valence electrons. The van der Waals surface area contributed by atoms with E-state index in [1.165, 1.54) is 6.92 Å². The fourth-order valence-corrected chi connectivity index (χ4v) is 2.39. The van der Waals surface area contributed by atoms with Crippen LogP contribution in [0.1, 0.15) is 25.0 Å². The fraction of sp³-hybridized carbons (Fsp3) is 0.333. The molecule has 0 heterocycles. The quantitative estimate of drug-likeness (QED) is 0.717. The van der Waals surface area contributed by atoms with Crippen molar-refractivity contribution in [1.82, 2.24) is 0 Å². The highest BCUT2D eigenvalue weighted by Crippen LogP contribution is 2.26. The van der Waals surface area contributed by atoms with Crippen LogP contribution < -0.4 is 14.8 Å². The fourth-order valence-electron chi connectivity index (χ4n) is 2.39. The van der Waals surface area contributed by atoms with Crippen LogP contribution in [0.25, 0.3) is 0 Å². The lowest BCUT2D eigenvalue weighted by molar-refractivity contribution is -0.155. The number of ether oxygens (including phenoxy) is 3. The maximum absolute atomic E-state index is 12.3. The molecule has 0 saturated carbocycles. The van der Waals surface area contributed by atoms with Crippen molar-refractivity contribution in [1.29, 1.82) is 0 Å². The number of amides is 1. The minimum atomic E-state index is -0.942. The van der Waals surface area contributed by atoms with Gasteiger partial charge in [0.25, 0.3) is 5.91 Å². The molecule has 27 heavy (non-hydrogen) atoms. The van der Waals surface area contributed by atoms with E-state index in [1.807, 2.05) is 45.0 Å². The molecule has 2 rings (SSSR count). The molecule has 0 spiro atoms. The van der Waals surface area contributed by atoms with E-state index in [0.29, 0.717) is 23.8 Å². The summed E-state index contributed by atoms with van der Waals surface area (Å²) in [5, 5.41) is 2.78. The highest BCUT2D eigenvalue weighted by molar-refractivity contribution is 5.95. The van der Waals surface area contributed by atoms with E-state index in [1.54, 1.807) is 18.2 Å². The Hall–Kier alpha value is -3.02.